The van der Waals surface area contributed by atoms with Crippen LogP contribution < -0.4 is 10.6 Å². The third-order valence-corrected chi connectivity index (χ3v) is 5.36. The Labute approximate surface area is 155 Å². The summed E-state index contributed by atoms with van der Waals surface area (Å²) in [6, 6.07) is 0.00446. The van der Waals surface area contributed by atoms with Gasteiger partial charge >= 0.3 is 12.0 Å². The third kappa shape index (κ3) is 7.29. The zero-order valence-electron chi connectivity index (χ0n) is 15.7. The Bertz CT molecular complexity index is 494. The van der Waals surface area contributed by atoms with Crippen LogP contribution in [0.1, 0.15) is 51.4 Å². The second-order valence-corrected chi connectivity index (χ2v) is 7.53. The van der Waals surface area contributed by atoms with E-state index < -0.39 is 12.0 Å². The lowest BCUT2D eigenvalue weighted by Crippen LogP contribution is -2.48. The smallest absolute Gasteiger partial charge is 0.321 e. The molecule has 3 amide bonds. The first-order valence-electron chi connectivity index (χ1n) is 9.69. The average Bonchev–Trinajstić information content (AvgIpc) is 2.80. The highest BCUT2D eigenvalue weighted by atomic mass is 16.4. The molecule has 1 heterocycles. The maximum atomic E-state index is 12.1. The Morgan fingerprint density at radius 3 is 2.46 bits per heavy atom. The van der Waals surface area contributed by atoms with E-state index >= 15 is 0 Å². The number of urea groups is 1. The third-order valence-electron chi connectivity index (χ3n) is 5.36. The van der Waals surface area contributed by atoms with Crippen molar-refractivity contribution < 1.29 is 19.5 Å². The lowest BCUT2D eigenvalue weighted by atomic mass is 9.96. The van der Waals surface area contributed by atoms with Gasteiger partial charge in [-0.2, -0.15) is 0 Å². The van der Waals surface area contributed by atoms with Crippen LogP contribution in [-0.2, 0) is 9.59 Å². The average molecular weight is 368 g/mol. The summed E-state index contributed by atoms with van der Waals surface area (Å²) in [6.45, 7) is 1.75. The molecule has 8 heteroatoms. The molecule has 1 atom stereocenters. The first-order chi connectivity index (χ1) is 12.4. The molecule has 1 saturated heterocycles. The number of carbonyl (C=O) groups excluding carboxylic acids is 2. The van der Waals surface area contributed by atoms with Gasteiger partial charge in [0, 0.05) is 18.6 Å². The van der Waals surface area contributed by atoms with Crippen LogP contribution in [0.3, 0.4) is 0 Å². The van der Waals surface area contributed by atoms with Gasteiger partial charge in [-0.05, 0) is 45.7 Å². The predicted molar refractivity (Wildman–Crippen MR) is 97.9 cm³/mol. The molecule has 2 aliphatic rings. The fourth-order valence-electron chi connectivity index (χ4n) is 3.92. The summed E-state index contributed by atoms with van der Waals surface area (Å²) in [5.74, 6) is -1.10. The number of hydrogen-bond donors (Lipinski definition) is 3. The van der Waals surface area contributed by atoms with E-state index in [1.807, 2.05) is 16.8 Å². The molecule has 2 rings (SSSR count). The number of rotatable bonds is 6. The van der Waals surface area contributed by atoms with Crippen LogP contribution in [0.4, 0.5) is 4.79 Å². The van der Waals surface area contributed by atoms with Gasteiger partial charge in [0.1, 0.15) is 0 Å². The normalized spacial score (nSPS) is 22.6. The molecular formula is C18H32N4O4. The zero-order valence-corrected chi connectivity index (χ0v) is 15.7. The highest BCUT2D eigenvalue weighted by Crippen LogP contribution is 2.17. The number of aliphatic carboxylic acids is 1. The summed E-state index contributed by atoms with van der Waals surface area (Å²) in [6.07, 6.45) is 8.11. The van der Waals surface area contributed by atoms with Gasteiger partial charge in [-0.25, -0.2) is 4.79 Å². The van der Waals surface area contributed by atoms with Crippen molar-refractivity contribution in [3.8, 4) is 0 Å². The molecule has 2 fully saturated rings. The molecule has 8 nitrogen and oxygen atoms in total. The van der Waals surface area contributed by atoms with Crippen molar-refractivity contribution in [1.82, 2.24) is 20.4 Å². The summed E-state index contributed by atoms with van der Waals surface area (Å²) in [7, 11) is 1.83. The van der Waals surface area contributed by atoms with E-state index in [-0.39, 0.29) is 31.1 Å². The van der Waals surface area contributed by atoms with Gasteiger partial charge in [-0.1, -0.05) is 19.3 Å². The molecule has 26 heavy (non-hydrogen) atoms. The monoisotopic (exact) mass is 368 g/mol. The van der Waals surface area contributed by atoms with Crippen LogP contribution in [0.15, 0.2) is 0 Å². The van der Waals surface area contributed by atoms with E-state index in [1.165, 1.54) is 6.42 Å². The van der Waals surface area contributed by atoms with Crippen molar-refractivity contribution in [2.75, 3.05) is 33.2 Å². The van der Waals surface area contributed by atoms with Gasteiger partial charge in [0.15, 0.2) is 0 Å². The summed E-state index contributed by atoms with van der Waals surface area (Å²) >= 11 is 0. The van der Waals surface area contributed by atoms with Crippen molar-refractivity contribution in [2.45, 2.75) is 63.5 Å². The van der Waals surface area contributed by atoms with E-state index in [1.54, 1.807) is 0 Å². The topological polar surface area (TPSA) is 102 Å². The zero-order chi connectivity index (χ0) is 18.9. The number of likely N-dealkylation sites (N-methyl/N-ethyl adjacent to an activating group) is 1. The van der Waals surface area contributed by atoms with Gasteiger partial charge in [0.25, 0.3) is 0 Å². The molecule has 1 saturated carbocycles. The molecule has 3 N–H and O–H groups in total. The van der Waals surface area contributed by atoms with Crippen molar-refractivity contribution in [3.63, 3.8) is 0 Å². The Balaban J connectivity index is 1.69. The fourth-order valence-corrected chi connectivity index (χ4v) is 3.92. The predicted octanol–water partition coefficient (Wildman–Crippen LogP) is 1.02. The molecule has 0 aromatic carbocycles. The molecule has 148 valence electrons. The minimum Gasteiger partial charge on any atom is -0.480 e. The van der Waals surface area contributed by atoms with Crippen LogP contribution in [0.2, 0.25) is 0 Å². The van der Waals surface area contributed by atoms with Gasteiger partial charge in [-0.15, -0.1) is 0 Å². The van der Waals surface area contributed by atoms with Crippen molar-refractivity contribution in [2.24, 2.45) is 0 Å². The van der Waals surface area contributed by atoms with Crippen LogP contribution in [0, 0.1) is 0 Å². The van der Waals surface area contributed by atoms with Crippen molar-refractivity contribution in [1.29, 1.82) is 0 Å². The maximum Gasteiger partial charge on any atom is 0.321 e. The molecule has 0 spiro atoms. The number of amides is 3. The maximum absolute atomic E-state index is 12.1. The second kappa shape index (κ2) is 10.5. The van der Waals surface area contributed by atoms with E-state index in [0.717, 1.165) is 58.0 Å². The Morgan fingerprint density at radius 2 is 1.77 bits per heavy atom. The molecule has 0 radical (unpaired) electrons. The fraction of sp³-hybridized carbons (Fsp3) is 0.833. The highest BCUT2D eigenvalue weighted by Gasteiger charge is 2.23. The van der Waals surface area contributed by atoms with Crippen LogP contribution in [0.25, 0.3) is 0 Å². The summed E-state index contributed by atoms with van der Waals surface area (Å²) in [5.41, 5.74) is 0. The molecule has 0 aromatic heterocycles. The standard InChI is InChI=1S/C18H32N4O4/c1-21(13-17(24)25)15-8-5-10-22(11-9-15)12-16(23)20-18(26)19-14-6-3-2-4-7-14/h14-15H,2-13H2,1H3,(H,24,25)(H2,19,20,23,26). The van der Waals surface area contributed by atoms with Gasteiger partial charge in [0.2, 0.25) is 5.91 Å². The number of likely N-dealkylation sites (tertiary alicyclic amines) is 1. The number of nitrogens with zero attached hydrogens (tertiary/aromatic N) is 2. The Morgan fingerprint density at radius 1 is 1.04 bits per heavy atom. The van der Waals surface area contributed by atoms with Crippen LogP contribution in [-0.4, -0.2) is 78.1 Å². The summed E-state index contributed by atoms with van der Waals surface area (Å²) < 4.78 is 0. The Hall–Kier alpha value is -1.67. The number of carbonyl (C=O) groups is 3. The molecular weight excluding hydrogens is 336 g/mol. The van der Waals surface area contributed by atoms with Gasteiger partial charge in [-0.3, -0.25) is 24.7 Å². The van der Waals surface area contributed by atoms with Crippen LogP contribution in [0.5, 0.6) is 0 Å². The first kappa shape index (κ1) is 20.6. The van der Waals surface area contributed by atoms with E-state index in [2.05, 4.69) is 10.6 Å². The summed E-state index contributed by atoms with van der Waals surface area (Å²) in [4.78, 5) is 38.8. The quantitative estimate of drug-likeness (QED) is 0.647. The highest BCUT2D eigenvalue weighted by molar-refractivity contribution is 5.95. The first-order valence-corrected chi connectivity index (χ1v) is 9.69. The number of hydrogen-bond acceptors (Lipinski definition) is 5. The number of nitrogens with one attached hydrogen (secondary N) is 2. The molecule has 0 bridgehead atoms. The molecule has 0 aromatic rings. The van der Waals surface area contributed by atoms with Gasteiger partial charge in [0.05, 0.1) is 13.1 Å². The second-order valence-electron chi connectivity index (χ2n) is 7.53. The van der Waals surface area contributed by atoms with E-state index in [0.29, 0.717) is 0 Å². The Kier molecular flexibility index (Phi) is 8.31. The minimum absolute atomic E-state index is 0.0342. The van der Waals surface area contributed by atoms with E-state index in [4.69, 9.17) is 5.11 Å². The van der Waals surface area contributed by atoms with Crippen molar-refractivity contribution >= 4 is 17.9 Å². The largest absolute Gasteiger partial charge is 0.480 e. The van der Waals surface area contributed by atoms with E-state index in [9.17, 15) is 14.4 Å². The van der Waals surface area contributed by atoms with Crippen molar-refractivity contribution in [3.05, 3.63) is 0 Å². The molecule has 1 aliphatic heterocycles. The lowest BCUT2D eigenvalue weighted by molar-refractivity contribution is -0.138. The number of carboxylic acid groups (broad SMARTS) is 1. The number of carboxylic acids is 1. The summed E-state index contributed by atoms with van der Waals surface area (Å²) in [5, 5.41) is 14.2. The lowest BCUT2D eigenvalue weighted by Gasteiger charge is -2.25. The molecule has 1 unspecified atom stereocenters. The van der Waals surface area contributed by atoms with Gasteiger partial charge < -0.3 is 10.4 Å². The van der Waals surface area contributed by atoms with Crippen LogP contribution >= 0.6 is 0 Å². The molecule has 1 aliphatic carbocycles. The minimum atomic E-state index is -0.822. The SMILES string of the molecule is CN(CC(=O)O)C1CCCN(CC(=O)NC(=O)NC2CCCCC2)CC1. The number of imide groups is 1.